The van der Waals surface area contributed by atoms with E-state index in [0.717, 1.165) is 11.5 Å². The lowest BCUT2D eigenvalue weighted by Crippen LogP contribution is -2.42. The number of rotatable bonds is 3. The van der Waals surface area contributed by atoms with E-state index in [4.69, 9.17) is 5.11 Å². The van der Waals surface area contributed by atoms with Gasteiger partial charge in [0.2, 0.25) is 0 Å². The number of aromatic nitrogens is 2. The molecular weight excluding hydrogens is 200 g/mol. The Labute approximate surface area is 85.8 Å². The van der Waals surface area contributed by atoms with E-state index in [-0.39, 0.29) is 12.2 Å². The normalized spacial score (nSPS) is 14.6. The standard InChI is InChI=1S/C9H12N2O4/c1-6-7(12)11(4-3-10-6)5-9(2,15)8(13)14/h3-4,15H,5H2,1-2H3,(H,13,14). The Bertz CT molecular complexity index is 436. The van der Waals surface area contributed by atoms with Crippen molar-refractivity contribution in [2.75, 3.05) is 0 Å². The van der Waals surface area contributed by atoms with Gasteiger partial charge in [0, 0.05) is 12.4 Å². The fourth-order valence-electron chi connectivity index (χ4n) is 1.08. The lowest BCUT2D eigenvalue weighted by Gasteiger charge is -2.18. The van der Waals surface area contributed by atoms with Crippen molar-refractivity contribution in [3.05, 3.63) is 28.4 Å². The second kappa shape index (κ2) is 3.82. The predicted molar refractivity (Wildman–Crippen MR) is 51.5 cm³/mol. The number of aliphatic carboxylic acids is 1. The molecule has 0 saturated heterocycles. The Morgan fingerprint density at radius 3 is 2.80 bits per heavy atom. The van der Waals surface area contributed by atoms with E-state index < -0.39 is 17.1 Å². The highest BCUT2D eigenvalue weighted by Crippen LogP contribution is 2.05. The van der Waals surface area contributed by atoms with Crippen LogP contribution in [-0.2, 0) is 11.3 Å². The number of hydrogen-bond acceptors (Lipinski definition) is 4. The second-order valence-electron chi connectivity index (χ2n) is 3.52. The molecule has 0 aliphatic heterocycles. The van der Waals surface area contributed by atoms with Gasteiger partial charge >= 0.3 is 5.97 Å². The zero-order valence-electron chi connectivity index (χ0n) is 8.47. The molecule has 1 rings (SSSR count). The molecule has 0 bridgehead atoms. The van der Waals surface area contributed by atoms with Crippen LogP contribution in [-0.4, -0.2) is 31.3 Å². The van der Waals surface area contributed by atoms with Crippen molar-refractivity contribution in [2.45, 2.75) is 26.0 Å². The first-order valence-corrected chi connectivity index (χ1v) is 4.32. The summed E-state index contributed by atoms with van der Waals surface area (Å²) < 4.78 is 1.12. The number of hydrogen-bond donors (Lipinski definition) is 2. The van der Waals surface area contributed by atoms with Gasteiger partial charge in [0.1, 0.15) is 5.69 Å². The first kappa shape index (κ1) is 11.4. The van der Waals surface area contributed by atoms with E-state index in [0.29, 0.717) is 0 Å². The number of nitrogens with zero attached hydrogens (tertiary/aromatic N) is 2. The molecule has 0 fully saturated rings. The number of aryl methyl sites for hydroxylation is 1. The number of carbonyl (C=O) groups is 1. The molecule has 0 aliphatic rings. The molecule has 1 atom stereocenters. The van der Waals surface area contributed by atoms with Gasteiger partial charge in [-0.25, -0.2) is 4.79 Å². The van der Waals surface area contributed by atoms with Gasteiger partial charge in [-0.2, -0.15) is 0 Å². The molecule has 1 aromatic rings. The van der Waals surface area contributed by atoms with E-state index in [9.17, 15) is 14.7 Å². The molecule has 6 nitrogen and oxygen atoms in total. The lowest BCUT2D eigenvalue weighted by molar-refractivity contribution is -0.157. The average molecular weight is 212 g/mol. The summed E-state index contributed by atoms with van der Waals surface area (Å²) in [5.74, 6) is -1.37. The summed E-state index contributed by atoms with van der Waals surface area (Å²) in [6, 6.07) is 0. The predicted octanol–water partition coefficient (Wildman–Crippen LogP) is -0.613. The van der Waals surface area contributed by atoms with Crippen LogP contribution in [0.2, 0.25) is 0 Å². The average Bonchev–Trinajstić information content (AvgIpc) is 2.12. The van der Waals surface area contributed by atoms with Gasteiger partial charge in [0.05, 0.1) is 6.54 Å². The number of carboxylic acid groups (broad SMARTS) is 1. The molecule has 0 spiro atoms. The molecule has 1 unspecified atom stereocenters. The molecule has 1 aromatic heterocycles. The van der Waals surface area contributed by atoms with E-state index in [2.05, 4.69) is 4.98 Å². The lowest BCUT2D eigenvalue weighted by atomic mass is 10.1. The van der Waals surface area contributed by atoms with Crippen LogP contribution in [0.15, 0.2) is 17.2 Å². The van der Waals surface area contributed by atoms with Crippen LogP contribution in [0.5, 0.6) is 0 Å². The van der Waals surface area contributed by atoms with Crippen molar-refractivity contribution in [3.63, 3.8) is 0 Å². The second-order valence-corrected chi connectivity index (χ2v) is 3.52. The Morgan fingerprint density at radius 1 is 1.67 bits per heavy atom. The molecule has 6 heteroatoms. The highest BCUT2D eigenvalue weighted by Gasteiger charge is 2.30. The third kappa shape index (κ3) is 2.41. The minimum Gasteiger partial charge on any atom is -0.479 e. The zero-order valence-corrected chi connectivity index (χ0v) is 8.47. The summed E-state index contributed by atoms with van der Waals surface area (Å²) >= 11 is 0. The van der Waals surface area contributed by atoms with Crippen molar-refractivity contribution in [1.82, 2.24) is 9.55 Å². The molecule has 2 N–H and O–H groups in total. The van der Waals surface area contributed by atoms with Crippen LogP contribution in [0.3, 0.4) is 0 Å². The van der Waals surface area contributed by atoms with Crippen LogP contribution >= 0.6 is 0 Å². The highest BCUT2D eigenvalue weighted by molar-refractivity contribution is 5.76. The Balaban J connectivity index is 3.06. The molecule has 0 aromatic carbocycles. The number of carboxylic acids is 1. The van der Waals surface area contributed by atoms with Crippen LogP contribution in [0.25, 0.3) is 0 Å². The Morgan fingerprint density at radius 2 is 2.27 bits per heavy atom. The molecular formula is C9H12N2O4. The summed E-state index contributed by atoms with van der Waals surface area (Å²) in [6.07, 6.45) is 2.72. The number of aliphatic hydroxyl groups is 1. The summed E-state index contributed by atoms with van der Waals surface area (Å²) in [6.45, 7) is 2.36. The first-order valence-electron chi connectivity index (χ1n) is 4.32. The van der Waals surface area contributed by atoms with Crippen molar-refractivity contribution in [3.8, 4) is 0 Å². The minimum absolute atomic E-state index is 0.263. The molecule has 1 heterocycles. The van der Waals surface area contributed by atoms with Crippen molar-refractivity contribution in [1.29, 1.82) is 0 Å². The van der Waals surface area contributed by atoms with E-state index in [1.807, 2.05) is 0 Å². The summed E-state index contributed by atoms with van der Waals surface area (Å²) in [5, 5.41) is 18.2. The smallest absolute Gasteiger partial charge is 0.337 e. The Kier molecular flexibility index (Phi) is 2.90. The maximum Gasteiger partial charge on any atom is 0.337 e. The zero-order chi connectivity index (χ0) is 11.6. The highest BCUT2D eigenvalue weighted by atomic mass is 16.4. The van der Waals surface area contributed by atoms with Crippen LogP contribution in [0.1, 0.15) is 12.6 Å². The fourth-order valence-corrected chi connectivity index (χ4v) is 1.08. The third-order valence-electron chi connectivity index (χ3n) is 2.02. The Hall–Kier alpha value is -1.69. The van der Waals surface area contributed by atoms with Gasteiger partial charge in [-0.1, -0.05) is 0 Å². The summed E-state index contributed by atoms with van der Waals surface area (Å²) in [5.41, 5.74) is -2.10. The third-order valence-corrected chi connectivity index (χ3v) is 2.02. The maximum atomic E-state index is 11.5. The monoisotopic (exact) mass is 212 g/mol. The van der Waals surface area contributed by atoms with Crippen molar-refractivity contribution < 1.29 is 15.0 Å². The molecule has 82 valence electrons. The minimum atomic E-state index is -1.96. The van der Waals surface area contributed by atoms with Crippen LogP contribution < -0.4 is 5.56 Å². The molecule has 0 saturated carbocycles. The topological polar surface area (TPSA) is 92.4 Å². The van der Waals surface area contributed by atoms with Gasteiger partial charge in [-0.05, 0) is 13.8 Å². The van der Waals surface area contributed by atoms with Gasteiger partial charge < -0.3 is 14.8 Å². The SMILES string of the molecule is Cc1nccn(CC(C)(O)C(=O)O)c1=O. The van der Waals surface area contributed by atoms with E-state index >= 15 is 0 Å². The summed E-state index contributed by atoms with van der Waals surface area (Å²) in [4.78, 5) is 25.9. The molecule has 15 heavy (non-hydrogen) atoms. The van der Waals surface area contributed by atoms with Crippen molar-refractivity contribution in [2.24, 2.45) is 0 Å². The van der Waals surface area contributed by atoms with E-state index in [1.54, 1.807) is 0 Å². The van der Waals surface area contributed by atoms with Gasteiger partial charge in [0.25, 0.3) is 5.56 Å². The maximum absolute atomic E-state index is 11.5. The van der Waals surface area contributed by atoms with E-state index in [1.165, 1.54) is 19.3 Å². The summed E-state index contributed by atoms with van der Waals surface area (Å²) in [7, 11) is 0. The van der Waals surface area contributed by atoms with Crippen LogP contribution in [0.4, 0.5) is 0 Å². The molecule has 0 amide bonds. The van der Waals surface area contributed by atoms with Gasteiger partial charge in [-0.3, -0.25) is 9.78 Å². The van der Waals surface area contributed by atoms with Gasteiger partial charge in [0.15, 0.2) is 5.60 Å². The first-order chi connectivity index (χ1) is 6.84. The van der Waals surface area contributed by atoms with Crippen molar-refractivity contribution >= 4 is 5.97 Å². The molecule has 0 radical (unpaired) electrons. The largest absolute Gasteiger partial charge is 0.479 e. The van der Waals surface area contributed by atoms with Gasteiger partial charge in [-0.15, -0.1) is 0 Å². The van der Waals surface area contributed by atoms with Crippen LogP contribution in [0, 0.1) is 6.92 Å². The molecule has 0 aliphatic carbocycles. The fraction of sp³-hybridized carbons (Fsp3) is 0.444. The quantitative estimate of drug-likeness (QED) is 0.697.